The summed E-state index contributed by atoms with van der Waals surface area (Å²) in [5.41, 5.74) is 6.48. The van der Waals surface area contributed by atoms with Gasteiger partial charge in [0.25, 0.3) is 0 Å². The summed E-state index contributed by atoms with van der Waals surface area (Å²) in [6, 6.07) is 3.13. The maximum atomic E-state index is 13.8. The van der Waals surface area contributed by atoms with E-state index in [1.807, 2.05) is 0 Å². The maximum Gasteiger partial charge on any atom is 0.168 e. The summed E-state index contributed by atoms with van der Waals surface area (Å²) in [5, 5.41) is 0.495. The minimum absolute atomic E-state index is 0.0675. The number of halogens is 2. The Labute approximate surface area is 99.5 Å². The van der Waals surface area contributed by atoms with E-state index in [-0.39, 0.29) is 17.1 Å². The van der Waals surface area contributed by atoms with Crippen molar-refractivity contribution < 1.29 is 9.13 Å². The molecule has 0 aliphatic heterocycles. The minimum atomic E-state index is -0.323. The first-order chi connectivity index (χ1) is 7.54. The fourth-order valence-corrected chi connectivity index (χ4v) is 1.97. The highest BCUT2D eigenvalue weighted by atomic mass is 35.5. The molecule has 0 saturated heterocycles. The van der Waals surface area contributed by atoms with Gasteiger partial charge in [0.1, 0.15) is 0 Å². The molecule has 0 radical (unpaired) electrons. The molecule has 88 valence electrons. The number of aryl methyl sites for hydroxylation is 1. The van der Waals surface area contributed by atoms with Crippen molar-refractivity contribution >= 4 is 11.6 Å². The fraction of sp³-hybridized carbons (Fsp3) is 0.500. The second kappa shape index (κ2) is 4.22. The third-order valence-corrected chi connectivity index (χ3v) is 3.30. The van der Waals surface area contributed by atoms with Crippen LogP contribution in [-0.2, 0) is 6.42 Å². The SMILES string of the molecule is COc1cc(Cl)cc(CCC2(N)CC2)c1F. The molecule has 2 nitrogen and oxygen atoms in total. The summed E-state index contributed by atoms with van der Waals surface area (Å²) in [6.07, 6.45) is 3.48. The molecule has 0 atom stereocenters. The number of nitrogens with two attached hydrogens (primary N) is 1. The highest BCUT2D eigenvalue weighted by molar-refractivity contribution is 6.30. The summed E-state index contributed by atoms with van der Waals surface area (Å²) in [4.78, 5) is 0. The molecule has 0 bridgehead atoms. The van der Waals surface area contributed by atoms with Crippen molar-refractivity contribution in [2.45, 2.75) is 31.2 Å². The van der Waals surface area contributed by atoms with Gasteiger partial charge in [0, 0.05) is 16.6 Å². The highest BCUT2D eigenvalue weighted by Crippen LogP contribution is 2.37. The Morgan fingerprint density at radius 1 is 1.50 bits per heavy atom. The van der Waals surface area contributed by atoms with Gasteiger partial charge in [0.2, 0.25) is 0 Å². The van der Waals surface area contributed by atoms with Crippen LogP contribution < -0.4 is 10.5 Å². The second-order valence-electron chi connectivity index (χ2n) is 4.44. The predicted molar refractivity (Wildman–Crippen MR) is 62.4 cm³/mol. The van der Waals surface area contributed by atoms with E-state index in [0.29, 0.717) is 17.0 Å². The Kier molecular flexibility index (Phi) is 3.08. The van der Waals surface area contributed by atoms with Gasteiger partial charge in [-0.15, -0.1) is 0 Å². The van der Waals surface area contributed by atoms with E-state index in [1.54, 1.807) is 6.07 Å². The van der Waals surface area contributed by atoms with Crippen LogP contribution in [0.4, 0.5) is 4.39 Å². The molecular formula is C12H15ClFNO. The molecule has 0 amide bonds. The first-order valence-electron chi connectivity index (χ1n) is 5.35. The van der Waals surface area contributed by atoms with Gasteiger partial charge in [-0.05, 0) is 37.3 Å². The molecule has 0 heterocycles. The molecule has 1 aromatic carbocycles. The van der Waals surface area contributed by atoms with Crippen molar-refractivity contribution in [3.63, 3.8) is 0 Å². The lowest BCUT2D eigenvalue weighted by Crippen LogP contribution is -2.22. The molecule has 1 aromatic rings. The lowest BCUT2D eigenvalue weighted by atomic mass is 10.0. The summed E-state index contributed by atoms with van der Waals surface area (Å²) in [7, 11) is 1.43. The molecule has 4 heteroatoms. The van der Waals surface area contributed by atoms with E-state index in [2.05, 4.69) is 0 Å². The van der Waals surface area contributed by atoms with Gasteiger partial charge in [0.15, 0.2) is 11.6 Å². The normalized spacial score (nSPS) is 17.2. The van der Waals surface area contributed by atoms with Crippen molar-refractivity contribution in [2.75, 3.05) is 7.11 Å². The summed E-state index contributed by atoms with van der Waals surface area (Å²) in [5.74, 6) is -0.125. The van der Waals surface area contributed by atoms with Crippen LogP contribution in [0.3, 0.4) is 0 Å². The highest BCUT2D eigenvalue weighted by Gasteiger charge is 2.37. The van der Waals surface area contributed by atoms with Gasteiger partial charge in [0.05, 0.1) is 7.11 Å². The Morgan fingerprint density at radius 3 is 2.75 bits per heavy atom. The molecule has 2 rings (SSSR count). The molecule has 16 heavy (non-hydrogen) atoms. The van der Waals surface area contributed by atoms with Crippen LogP contribution in [-0.4, -0.2) is 12.6 Å². The van der Waals surface area contributed by atoms with Crippen molar-refractivity contribution in [1.82, 2.24) is 0 Å². The molecule has 0 spiro atoms. The quantitative estimate of drug-likeness (QED) is 0.883. The van der Waals surface area contributed by atoms with Crippen LogP contribution >= 0.6 is 11.6 Å². The van der Waals surface area contributed by atoms with Gasteiger partial charge in [-0.3, -0.25) is 0 Å². The van der Waals surface area contributed by atoms with Crippen LogP contribution in [0.1, 0.15) is 24.8 Å². The molecule has 0 unspecified atom stereocenters. The molecule has 1 saturated carbocycles. The number of rotatable bonds is 4. The summed E-state index contributed by atoms with van der Waals surface area (Å²) < 4.78 is 18.7. The van der Waals surface area contributed by atoms with Crippen LogP contribution in [0.25, 0.3) is 0 Å². The zero-order chi connectivity index (χ0) is 11.8. The maximum absolute atomic E-state index is 13.8. The minimum Gasteiger partial charge on any atom is -0.494 e. The molecular weight excluding hydrogens is 229 g/mol. The third kappa shape index (κ3) is 2.47. The Bertz CT molecular complexity index is 404. The number of benzene rings is 1. The van der Waals surface area contributed by atoms with Gasteiger partial charge >= 0.3 is 0 Å². The van der Waals surface area contributed by atoms with Gasteiger partial charge in [-0.25, -0.2) is 4.39 Å². The van der Waals surface area contributed by atoms with E-state index >= 15 is 0 Å². The zero-order valence-electron chi connectivity index (χ0n) is 9.22. The van der Waals surface area contributed by atoms with Gasteiger partial charge in [-0.1, -0.05) is 11.6 Å². The summed E-state index contributed by atoms with van der Waals surface area (Å²) in [6.45, 7) is 0. The summed E-state index contributed by atoms with van der Waals surface area (Å²) >= 11 is 5.89. The van der Waals surface area contributed by atoms with Crippen molar-refractivity contribution in [3.8, 4) is 5.75 Å². The van der Waals surface area contributed by atoms with E-state index in [4.69, 9.17) is 22.1 Å². The predicted octanol–water partition coefficient (Wildman–Crippen LogP) is 2.91. The lowest BCUT2D eigenvalue weighted by molar-refractivity contribution is 0.383. The lowest BCUT2D eigenvalue weighted by Gasteiger charge is -2.11. The fourth-order valence-electron chi connectivity index (χ4n) is 1.74. The Balaban J connectivity index is 2.15. The first-order valence-corrected chi connectivity index (χ1v) is 5.73. The average molecular weight is 244 g/mol. The standard InChI is InChI=1S/C12H15ClFNO/c1-16-10-7-9(13)6-8(11(10)14)2-3-12(15)4-5-12/h6-7H,2-5,15H2,1H3. The number of ether oxygens (including phenoxy) is 1. The van der Waals surface area contributed by atoms with Gasteiger partial charge < -0.3 is 10.5 Å². The van der Waals surface area contributed by atoms with E-state index in [1.165, 1.54) is 13.2 Å². The third-order valence-electron chi connectivity index (χ3n) is 3.08. The topological polar surface area (TPSA) is 35.2 Å². The Hall–Kier alpha value is -0.800. The largest absolute Gasteiger partial charge is 0.494 e. The molecule has 1 aliphatic carbocycles. The first kappa shape index (κ1) is 11.7. The second-order valence-corrected chi connectivity index (χ2v) is 4.88. The smallest absolute Gasteiger partial charge is 0.168 e. The van der Waals surface area contributed by atoms with E-state index in [0.717, 1.165) is 19.3 Å². The van der Waals surface area contributed by atoms with Crippen LogP contribution in [0, 0.1) is 5.82 Å². The molecule has 1 aliphatic rings. The number of hydrogen-bond acceptors (Lipinski definition) is 2. The molecule has 1 fully saturated rings. The van der Waals surface area contributed by atoms with Crippen molar-refractivity contribution in [3.05, 3.63) is 28.5 Å². The Morgan fingerprint density at radius 2 is 2.19 bits per heavy atom. The van der Waals surface area contributed by atoms with Crippen molar-refractivity contribution in [1.29, 1.82) is 0 Å². The molecule has 0 aromatic heterocycles. The van der Waals surface area contributed by atoms with Crippen molar-refractivity contribution in [2.24, 2.45) is 5.73 Å². The van der Waals surface area contributed by atoms with E-state index < -0.39 is 0 Å². The monoisotopic (exact) mass is 243 g/mol. The van der Waals surface area contributed by atoms with Gasteiger partial charge in [-0.2, -0.15) is 0 Å². The number of hydrogen-bond donors (Lipinski definition) is 1. The average Bonchev–Trinajstić information content (AvgIpc) is 2.98. The molecule has 2 N–H and O–H groups in total. The number of methoxy groups -OCH3 is 1. The van der Waals surface area contributed by atoms with Crippen LogP contribution in [0.15, 0.2) is 12.1 Å². The zero-order valence-corrected chi connectivity index (χ0v) is 9.98. The van der Waals surface area contributed by atoms with Crippen LogP contribution in [0.5, 0.6) is 5.75 Å². The van der Waals surface area contributed by atoms with E-state index in [9.17, 15) is 4.39 Å². The van der Waals surface area contributed by atoms with Crippen LogP contribution in [0.2, 0.25) is 5.02 Å².